The highest BCUT2D eigenvalue weighted by Crippen LogP contribution is 2.38. The van der Waals surface area contributed by atoms with Crippen molar-refractivity contribution in [2.24, 2.45) is 17.8 Å². The van der Waals surface area contributed by atoms with Gasteiger partial charge in [0.2, 0.25) is 5.91 Å². The van der Waals surface area contributed by atoms with E-state index in [2.05, 4.69) is 10.2 Å². The first kappa shape index (κ1) is 19.7. The van der Waals surface area contributed by atoms with Crippen molar-refractivity contribution in [3.63, 3.8) is 0 Å². The first-order chi connectivity index (χ1) is 13.5. The number of piperidine rings is 1. The molecule has 0 bridgehead atoms. The third-order valence-electron chi connectivity index (χ3n) is 7.51. The average Bonchev–Trinajstić information content (AvgIpc) is 3.53. The molecule has 4 aliphatic rings. The summed E-state index contributed by atoms with van der Waals surface area (Å²) in [7, 11) is 1.71. The van der Waals surface area contributed by atoms with Gasteiger partial charge in [-0.25, -0.2) is 0 Å². The van der Waals surface area contributed by atoms with Gasteiger partial charge in [-0.3, -0.25) is 19.9 Å². The second-order valence-corrected chi connectivity index (χ2v) is 9.73. The number of amides is 2. The minimum atomic E-state index is -0.639. The molecule has 6 heteroatoms. The molecule has 0 unspecified atom stereocenters. The number of hydrogen-bond acceptors (Lipinski definition) is 3. The lowest BCUT2D eigenvalue weighted by Gasteiger charge is -2.38. The quantitative estimate of drug-likeness (QED) is 0.734. The fourth-order valence-electron chi connectivity index (χ4n) is 5.64. The maximum absolute atomic E-state index is 13.2. The predicted octanol–water partition coefficient (Wildman–Crippen LogP) is 3.12. The summed E-state index contributed by atoms with van der Waals surface area (Å²) in [6.45, 7) is 1.66. The van der Waals surface area contributed by atoms with Crippen LogP contribution in [0.3, 0.4) is 0 Å². The van der Waals surface area contributed by atoms with E-state index in [4.69, 9.17) is 5.41 Å². The zero-order valence-corrected chi connectivity index (χ0v) is 17.3. The first-order valence-corrected chi connectivity index (χ1v) is 11.4. The Labute approximate surface area is 168 Å². The molecule has 2 aliphatic carbocycles. The van der Waals surface area contributed by atoms with Crippen LogP contribution in [0.25, 0.3) is 0 Å². The molecule has 2 saturated heterocycles. The fourth-order valence-corrected chi connectivity index (χ4v) is 5.64. The van der Waals surface area contributed by atoms with Gasteiger partial charge in [0.25, 0.3) is 5.91 Å². The molecule has 0 aromatic heterocycles. The Morgan fingerprint density at radius 2 is 1.82 bits per heavy atom. The van der Waals surface area contributed by atoms with Crippen LogP contribution in [0.5, 0.6) is 0 Å². The molecule has 0 spiro atoms. The molecule has 2 saturated carbocycles. The summed E-state index contributed by atoms with van der Waals surface area (Å²) in [5, 5.41) is 11.5. The fraction of sp³-hybridized carbons (Fsp3) is 0.864. The number of nitrogens with one attached hydrogen (secondary N) is 2. The van der Waals surface area contributed by atoms with Crippen molar-refractivity contribution in [2.45, 2.75) is 82.6 Å². The summed E-state index contributed by atoms with van der Waals surface area (Å²) < 4.78 is 0. The molecule has 2 atom stereocenters. The van der Waals surface area contributed by atoms with Crippen molar-refractivity contribution in [1.29, 1.82) is 5.41 Å². The van der Waals surface area contributed by atoms with E-state index in [1.807, 2.05) is 0 Å². The van der Waals surface area contributed by atoms with Crippen LogP contribution in [-0.2, 0) is 9.59 Å². The van der Waals surface area contributed by atoms with Crippen LogP contribution in [0.1, 0.15) is 77.0 Å². The smallest absolute Gasteiger partial charge is 0.254 e. The Morgan fingerprint density at radius 3 is 2.46 bits per heavy atom. The Morgan fingerprint density at radius 1 is 1.11 bits per heavy atom. The maximum Gasteiger partial charge on any atom is 0.254 e. The van der Waals surface area contributed by atoms with E-state index in [0.29, 0.717) is 11.8 Å². The van der Waals surface area contributed by atoms with Gasteiger partial charge in [0, 0.05) is 26.1 Å². The van der Waals surface area contributed by atoms with Gasteiger partial charge in [-0.15, -0.1) is 0 Å². The molecular weight excluding hydrogens is 352 g/mol. The number of rotatable bonds is 6. The lowest BCUT2D eigenvalue weighted by Crippen LogP contribution is -2.51. The Bertz CT molecular complexity index is 626. The number of hydrogen-bond donors (Lipinski definition) is 2. The summed E-state index contributed by atoms with van der Waals surface area (Å²) >= 11 is 0. The topological polar surface area (TPSA) is 76.5 Å². The molecule has 4 rings (SSSR count). The summed E-state index contributed by atoms with van der Waals surface area (Å²) in [4.78, 5) is 29.2. The Balaban J connectivity index is 1.43. The van der Waals surface area contributed by atoms with Gasteiger partial charge in [-0.1, -0.05) is 32.1 Å². The number of carbonyl (C=O) groups excluding carboxylic acids is 2. The molecule has 0 aromatic carbocycles. The normalized spacial score (nSPS) is 32.0. The van der Waals surface area contributed by atoms with Crippen molar-refractivity contribution in [3.05, 3.63) is 0 Å². The van der Waals surface area contributed by atoms with E-state index in [9.17, 15) is 9.59 Å². The van der Waals surface area contributed by atoms with Crippen molar-refractivity contribution in [1.82, 2.24) is 15.1 Å². The lowest BCUT2D eigenvalue weighted by molar-refractivity contribution is -0.135. The summed E-state index contributed by atoms with van der Waals surface area (Å²) in [6, 6.07) is 0. The zero-order valence-electron chi connectivity index (χ0n) is 17.3. The van der Waals surface area contributed by atoms with Crippen LogP contribution in [0.15, 0.2) is 0 Å². The SMILES string of the molecule is CN1C(=N)N[C@@](CCC2CCCCC2)(C[C@H]2CCCN(C(=O)C3CC3)C2)C1=O. The van der Waals surface area contributed by atoms with Crippen LogP contribution in [0.4, 0.5) is 0 Å². The molecule has 0 aromatic rings. The Kier molecular flexibility index (Phi) is 5.66. The van der Waals surface area contributed by atoms with Crippen molar-refractivity contribution < 1.29 is 9.59 Å². The van der Waals surface area contributed by atoms with Gasteiger partial charge in [0.1, 0.15) is 5.54 Å². The highest BCUT2D eigenvalue weighted by atomic mass is 16.2. The number of nitrogens with zero attached hydrogens (tertiary/aromatic N) is 2. The molecule has 4 fully saturated rings. The predicted molar refractivity (Wildman–Crippen MR) is 109 cm³/mol. The lowest BCUT2D eigenvalue weighted by atomic mass is 9.77. The summed E-state index contributed by atoms with van der Waals surface area (Å²) in [5.41, 5.74) is -0.639. The summed E-state index contributed by atoms with van der Waals surface area (Å²) in [5.74, 6) is 1.95. The molecule has 2 aliphatic heterocycles. The molecule has 6 nitrogen and oxygen atoms in total. The van der Waals surface area contributed by atoms with E-state index in [1.54, 1.807) is 7.05 Å². The van der Waals surface area contributed by atoms with Crippen LogP contribution in [0, 0.1) is 23.2 Å². The third kappa shape index (κ3) is 4.06. The van der Waals surface area contributed by atoms with Crippen LogP contribution >= 0.6 is 0 Å². The highest BCUT2D eigenvalue weighted by Gasteiger charge is 2.49. The monoisotopic (exact) mass is 388 g/mol. The number of guanidine groups is 1. The number of likely N-dealkylation sites (N-methyl/N-ethyl adjacent to an activating group) is 1. The van der Waals surface area contributed by atoms with E-state index < -0.39 is 5.54 Å². The van der Waals surface area contributed by atoms with Gasteiger partial charge in [0.05, 0.1) is 0 Å². The van der Waals surface area contributed by atoms with Gasteiger partial charge >= 0.3 is 0 Å². The third-order valence-corrected chi connectivity index (χ3v) is 7.51. The molecule has 28 heavy (non-hydrogen) atoms. The molecule has 156 valence electrons. The highest BCUT2D eigenvalue weighted by molar-refractivity contribution is 6.07. The van der Waals surface area contributed by atoms with E-state index >= 15 is 0 Å². The van der Waals surface area contributed by atoms with Crippen molar-refractivity contribution >= 4 is 17.8 Å². The van der Waals surface area contributed by atoms with Gasteiger partial charge in [-0.2, -0.15) is 0 Å². The molecule has 2 N–H and O–H groups in total. The number of carbonyl (C=O) groups is 2. The van der Waals surface area contributed by atoms with Crippen molar-refractivity contribution in [3.8, 4) is 0 Å². The standard InChI is InChI=1S/C22H36N4O2/c1-25-20(28)22(24-21(25)23,12-11-16-6-3-2-4-7-16)14-17-8-5-13-26(15-17)19(27)18-9-10-18/h16-18H,2-15H2,1H3,(H2,23,24)/t17-,22+/m1/s1. The van der Waals surface area contributed by atoms with Crippen LogP contribution < -0.4 is 5.32 Å². The number of likely N-dealkylation sites (tertiary alicyclic amines) is 1. The van der Waals surface area contributed by atoms with Crippen LogP contribution in [-0.4, -0.2) is 53.2 Å². The average molecular weight is 389 g/mol. The molecular formula is C22H36N4O2. The Hall–Kier alpha value is -1.59. The second kappa shape index (κ2) is 8.03. The largest absolute Gasteiger partial charge is 0.342 e. The maximum atomic E-state index is 13.2. The van der Waals surface area contributed by atoms with E-state index in [-0.39, 0.29) is 17.8 Å². The van der Waals surface area contributed by atoms with Gasteiger partial charge in [-0.05, 0) is 56.8 Å². The van der Waals surface area contributed by atoms with Crippen molar-refractivity contribution in [2.75, 3.05) is 20.1 Å². The minimum Gasteiger partial charge on any atom is -0.342 e. The molecule has 0 radical (unpaired) electrons. The minimum absolute atomic E-state index is 0.0546. The van der Waals surface area contributed by atoms with E-state index in [0.717, 1.165) is 64.0 Å². The molecule has 2 heterocycles. The van der Waals surface area contributed by atoms with Crippen LogP contribution in [0.2, 0.25) is 0 Å². The van der Waals surface area contributed by atoms with Gasteiger partial charge < -0.3 is 10.2 Å². The van der Waals surface area contributed by atoms with Gasteiger partial charge in [0.15, 0.2) is 5.96 Å². The zero-order chi connectivity index (χ0) is 19.7. The first-order valence-electron chi connectivity index (χ1n) is 11.4. The molecule has 2 amide bonds. The second-order valence-electron chi connectivity index (χ2n) is 9.73. The van der Waals surface area contributed by atoms with E-state index in [1.165, 1.54) is 37.0 Å². The summed E-state index contributed by atoms with van der Waals surface area (Å²) in [6.07, 6.45) is 13.4.